The second-order valence-corrected chi connectivity index (χ2v) is 14.4. The van der Waals surface area contributed by atoms with Crippen molar-refractivity contribution in [1.82, 2.24) is 0 Å². The summed E-state index contributed by atoms with van der Waals surface area (Å²) in [5, 5.41) is 0. The van der Waals surface area contributed by atoms with Crippen LogP contribution in [0.15, 0.2) is 77.9 Å². The van der Waals surface area contributed by atoms with Gasteiger partial charge in [0.2, 0.25) is 0 Å². The van der Waals surface area contributed by atoms with Gasteiger partial charge >= 0.3 is 0 Å². The number of nitrogens with zero attached hydrogens (tertiary/aromatic N) is 1. The summed E-state index contributed by atoms with van der Waals surface area (Å²) < 4.78 is 89.2. The van der Waals surface area contributed by atoms with E-state index in [1.54, 1.807) is 0 Å². The average molecular weight is 755 g/mol. The summed E-state index contributed by atoms with van der Waals surface area (Å²) in [6.45, 7) is 7.33. The second-order valence-electron chi connectivity index (χ2n) is 14.4. The predicted octanol–water partition coefficient (Wildman–Crippen LogP) is 8.19. The van der Waals surface area contributed by atoms with Gasteiger partial charge in [-0.15, -0.1) is 0 Å². The van der Waals surface area contributed by atoms with Crippen LogP contribution < -0.4 is 17.0 Å². The van der Waals surface area contributed by atoms with Crippen molar-refractivity contribution in [2.24, 2.45) is 17.8 Å². The molecule has 1 saturated heterocycles. The van der Waals surface area contributed by atoms with E-state index in [9.17, 15) is 26.3 Å². The highest BCUT2D eigenvalue weighted by molar-refractivity contribution is 5.88. The summed E-state index contributed by atoms with van der Waals surface area (Å²) in [6, 6.07) is 12.6. The van der Waals surface area contributed by atoms with E-state index in [-0.39, 0.29) is 40.7 Å². The minimum atomic E-state index is -1.49. The Bertz CT molecular complexity index is 1850. The van der Waals surface area contributed by atoms with Gasteiger partial charge in [-0.2, -0.15) is 0 Å². The molecule has 3 aromatic carbocycles. The SMILES string of the molecule is CCCC[N+]1(CCCC)CC2=C(c3cc(F)c(F)c(F)c3)C=C3CCC=CC3[C@@H]2C2c3ccccc3C=C(c3cc(F)c(F)c(F)c3)C2C1.[Br-]. The Kier molecular flexibility index (Phi) is 10.7. The summed E-state index contributed by atoms with van der Waals surface area (Å²) >= 11 is 0. The van der Waals surface area contributed by atoms with Crippen molar-refractivity contribution in [3.8, 4) is 0 Å². The molecule has 1 nitrogen and oxygen atoms in total. The number of likely N-dealkylation sites (tertiary alicyclic amines) is 1. The number of hydrogen-bond donors (Lipinski definition) is 0. The lowest BCUT2D eigenvalue weighted by atomic mass is 9.59. The smallest absolute Gasteiger partial charge is 0.194 e. The fraction of sp³-hybridized carbons (Fsp3) is 0.381. The molecule has 0 N–H and O–H groups in total. The van der Waals surface area contributed by atoms with Crippen molar-refractivity contribution in [1.29, 1.82) is 0 Å². The molecule has 1 aliphatic heterocycles. The maximum atomic E-state index is 14.9. The molecule has 7 rings (SSSR count). The molecule has 1 heterocycles. The van der Waals surface area contributed by atoms with Crippen molar-refractivity contribution in [2.45, 2.75) is 58.3 Å². The van der Waals surface area contributed by atoms with Gasteiger partial charge in [-0.3, -0.25) is 0 Å². The number of hydrogen-bond acceptors (Lipinski definition) is 0. The van der Waals surface area contributed by atoms with Gasteiger partial charge in [0, 0.05) is 23.7 Å². The molecule has 3 unspecified atom stereocenters. The zero-order valence-corrected chi connectivity index (χ0v) is 30.0. The lowest BCUT2D eigenvalue weighted by Gasteiger charge is -2.43. The highest BCUT2D eigenvalue weighted by Crippen LogP contribution is 2.58. The van der Waals surface area contributed by atoms with E-state index >= 15 is 0 Å². The minimum Gasteiger partial charge on any atom is -1.00 e. The molecule has 0 bridgehead atoms. The van der Waals surface area contributed by atoms with E-state index < -0.39 is 34.9 Å². The van der Waals surface area contributed by atoms with Crippen LogP contribution in [0.1, 0.15) is 80.5 Å². The third-order valence-corrected chi connectivity index (χ3v) is 11.4. The van der Waals surface area contributed by atoms with Gasteiger partial charge in [0.25, 0.3) is 0 Å². The average Bonchev–Trinajstić information content (AvgIpc) is 3.25. The Morgan fingerprint density at radius 2 is 1.34 bits per heavy atom. The highest BCUT2D eigenvalue weighted by Gasteiger charge is 2.52. The first kappa shape index (κ1) is 36.4. The van der Waals surface area contributed by atoms with Crippen LogP contribution in [0.25, 0.3) is 17.2 Å². The van der Waals surface area contributed by atoms with Crippen LogP contribution in [0.2, 0.25) is 0 Å². The maximum absolute atomic E-state index is 14.9. The highest BCUT2D eigenvalue weighted by atomic mass is 79.9. The zero-order valence-electron chi connectivity index (χ0n) is 28.4. The molecule has 0 saturated carbocycles. The monoisotopic (exact) mass is 753 g/mol. The van der Waals surface area contributed by atoms with E-state index in [0.29, 0.717) is 28.7 Å². The number of benzene rings is 3. The number of unbranched alkanes of at least 4 members (excludes halogenated alkanes) is 2. The fourth-order valence-electron chi connectivity index (χ4n) is 9.18. The molecule has 0 aromatic heterocycles. The third-order valence-electron chi connectivity index (χ3n) is 11.4. The molecular formula is C42H42BrF6N. The van der Waals surface area contributed by atoms with Crippen LogP contribution in [0.3, 0.4) is 0 Å². The molecule has 3 aromatic rings. The number of fused-ring (bicyclic) bond motifs is 7. The summed E-state index contributed by atoms with van der Waals surface area (Å²) in [7, 11) is 0. The molecule has 4 atom stereocenters. The van der Waals surface area contributed by atoms with Crippen molar-refractivity contribution in [2.75, 3.05) is 26.2 Å². The summed E-state index contributed by atoms with van der Waals surface area (Å²) in [4.78, 5) is 0. The quantitative estimate of drug-likeness (QED) is 0.0943. The topological polar surface area (TPSA) is 0 Å². The van der Waals surface area contributed by atoms with Crippen molar-refractivity contribution in [3.63, 3.8) is 0 Å². The van der Waals surface area contributed by atoms with E-state index in [1.165, 1.54) is 0 Å². The van der Waals surface area contributed by atoms with E-state index in [1.807, 2.05) is 24.3 Å². The Balaban J connectivity index is 0.00000432. The van der Waals surface area contributed by atoms with Crippen molar-refractivity contribution in [3.05, 3.63) is 135 Å². The lowest BCUT2D eigenvalue weighted by Crippen LogP contribution is -3.00. The van der Waals surface area contributed by atoms with Gasteiger partial charge in [0.15, 0.2) is 34.9 Å². The first-order chi connectivity index (χ1) is 23.6. The van der Waals surface area contributed by atoms with Crippen LogP contribution in [-0.2, 0) is 0 Å². The zero-order chi connectivity index (χ0) is 34.4. The van der Waals surface area contributed by atoms with Crippen molar-refractivity contribution < 1.29 is 47.8 Å². The predicted molar refractivity (Wildman–Crippen MR) is 183 cm³/mol. The van der Waals surface area contributed by atoms with E-state index in [2.05, 4.69) is 38.1 Å². The van der Waals surface area contributed by atoms with Gasteiger partial charge in [-0.25, -0.2) is 26.3 Å². The van der Waals surface area contributed by atoms with Crippen LogP contribution in [0.4, 0.5) is 26.3 Å². The minimum absolute atomic E-state index is 0. The van der Waals surface area contributed by atoms with Crippen LogP contribution in [-0.4, -0.2) is 30.7 Å². The normalized spacial score (nSPS) is 23.4. The molecule has 0 radical (unpaired) electrons. The number of allylic oxidation sites excluding steroid dienone is 5. The molecule has 50 heavy (non-hydrogen) atoms. The lowest BCUT2D eigenvalue weighted by molar-refractivity contribution is -0.925. The van der Waals surface area contributed by atoms with Crippen LogP contribution in [0, 0.1) is 52.7 Å². The summed E-state index contributed by atoms with van der Waals surface area (Å²) in [6.07, 6.45) is 14.0. The van der Waals surface area contributed by atoms with Gasteiger partial charge < -0.3 is 21.5 Å². The standard InChI is InChI=1S/C42H42F6N.BrH/c1-3-5-15-49(16-6-4-2)23-33-31(27-19-35(43)41(47)36(44)20-27)17-25-11-7-9-13-29(25)39(33)40-30-14-10-8-12-26(30)18-32(34(40)24-49)28-21-37(45)42(48)38(46)22-28;/h7,9-11,13-14,17-22,30,33,39-40H,3-6,8,12,15-16,23-24H2,1-2H3;1H/q+1;/p-1/t30?,33?,39?,40-;/m0./s1. The fourth-order valence-corrected chi connectivity index (χ4v) is 9.18. The summed E-state index contributed by atoms with van der Waals surface area (Å²) in [5.74, 6) is -8.37. The number of quaternary nitrogens is 1. The molecular weight excluding hydrogens is 712 g/mol. The largest absolute Gasteiger partial charge is 1.00 e. The molecule has 264 valence electrons. The first-order valence-electron chi connectivity index (χ1n) is 17.7. The number of rotatable bonds is 8. The molecule has 0 spiro atoms. The maximum Gasteiger partial charge on any atom is 0.194 e. The van der Waals surface area contributed by atoms with E-state index in [4.69, 9.17) is 0 Å². The molecule has 0 amide bonds. The molecule has 4 aliphatic rings. The third kappa shape index (κ3) is 6.47. The van der Waals surface area contributed by atoms with Gasteiger partial charge in [-0.05, 0) is 88.9 Å². The second kappa shape index (κ2) is 14.7. The van der Waals surface area contributed by atoms with Gasteiger partial charge in [-0.1, -0.05) is 80.8 Å². The van der Waals surface area contributed by atoms with Crippen LogP contribution >= 0.6 is 0 Å². The number of halogens is 7. The molecule has 1 fully saturated rings. The van der Waals surface area contributed by atoms with Gasteiger partial charge in [0.1, 0.15) is 6.54 Å². The molecule has 3 aliphatic carbocycles. The summed E-state index contributed by atoms with van der Waals surface area (Å²) in [5.41, 5.74) is 6.45. The molecule has 8 heteroatoms. The Labute approximate surface area is 301 Å². The van der Waals surface area contributed by atoms with Gasteiger partial charge in [0.05, 0.1) is 19.6 Å². The first-order valence-corrected chi connectivity index (χ1v) is 17.7. The van der Waals surface area contributed by atoms with E-state index in [0.717, 1.165) is 109 Å². The Hall–Kier alpha value is -3.36. The Morgan fingerprint density at radius 3 is 1.96 bits per heavy atom. The Morgan fingerprint density at radius 1 is 0.740 bits per heavy atom. The van der Waals surface area contributed by atoms with Crippen molar-refractivity contribution >= 4 is 17.2 Å². The van der Waals surface area contributed by atoms with Crippen LogP contribution in [0.5, 0.6) is 0 Å².